The largest absolute Gasteiger partial charge is 0.463 e. The SMILES string of the molecule is CCCCOC(=O)c1cc(C(=O)OCCCC)cc(-n2nc(C)c(C#N)c2N=Nc2c(C(C)(C)C)nn(-c3nc(OCCCC)nc(-n4nc(C(C)(C)C)c(N=Nc5c(C#N)c(C)nn5-c5cc(C(=O)OCCCC)cc(C(=O)OCCCC)c5)c4N)n3)c2N)c1. The Bertz CT molecular complexity index is 3630. The summed E-state index contributed by atoms with van der Waals surface area (Å²) in [4.78, 5) is 68.0. The fraction of sp³-hybridized carbons (Fsp3) is 0.476. The first-order chi connectivity index (χ1) is 43.4. The molecule has 0 aliphatic heterocycles. The molecule has 2 aromatic carbocycles. The summed E-state index contributed by atoms with van der Waals surface area (Å²) in [6, 6.07) is 12.8. The number of unbranched alkanes of at least 4 members (excludes halogenated alkanes) is 5. The number of esters is 4. The van der Waals surface area contributed by atoms with Gasteiger partial charge in [0.2, 0.25) is 0 Å². The summed E-state index contributed by atoms with van der Waals surface area (Å²) in [5, 5.41) is 58.7. The lowest BCUT2D eigenvalue weighted by atomic mass is 9.91. The summed E-state index contributed by atoms with van der Waals surface area (Å²) >= 11 is 0. The maximum atomic E-state index is 13.5. The van der Waals surface area contributed by atoms with Crippen LogP contribution in [0.1, 0.15) is 216 Å². The number of anilines is 2. The van der Waals surface area contributed by atoms with E-state index in [0.717, 1.165) is 32.1 Å². The third-order valence-electron chi connectivity index (χ3n) is 13.9. The number of hydrogen-bond acceptors (Lipinski definition) is 24. The molecule has 7 rings (SSSR count). The molecule has 480 valence electrons. The van der Waals surface area contributed by atoms with Gasteiger partial charge in [-0.3, -0.25) is 0 Å². The van der Waals surface area contributed by atoms with E-state index in [1.807, 2.05) is 76.2 Å². The lowest BCUT2D eigenvalue weighted by Crippen LogP contribution is -2.17. The highest BCUT2D eigenvalue weighted by Gasteiger charge is 2.32. The van der Waals surface area contributed by atoms with E-state index in [9.17, 15) is 29.7 Å². The topological polar surface area (TPSA) is 373 Å². The van der Waals surface area contributed by atoms with E-state index >= 15 is 0 Å². The summed E-state index contributed by atoms with van der Waals surface area (Å²) < 4.78 is 33.3. The molecule has 28 heteroatoms. The Hall–Kier alpha value is -10.3. The van der Waals surface area contributed by atoms with Crippen molar-refractivity contribution in [1.29, 1.82) is 10.5 Å². The van der Waals surface area contributed by atoms with Crippen LogP contribution in [0, 0.1) is 36.5 Å². The van der Waals surface area contributed by atoms with Crippen LogP contribution in [0.15, 0.2) is 56.9 Å². The van der Waals surface area contributed by atoms with E-state index < -0.39 is 34.7 Å². The minimum absolute atomic E-state index is 0.0319. The van der Waals surface area contributed by atoms with Gasteiger partial charge in [0.15, 0.2) is 34.6 Å². The van der Waals surface area contributed by atoms with Gasteiger partial charge in [-0.2, -0.15) is 55.2 Å². The minimum atomic E-state index is -0.781. The molecular weight excluding hydrogens is 1170 g/mol. The molecule has 0 spiro atoms. The molecule has 0 atom stereocenters. The van der Waals surface area contributed by atoms with Gasteiger partial charge >= 0.3 is 29.9 Å². The lowest BCUT2D eigenvalue weighted by molar-refractivity contribution is 0.0479. The molecule has 0 saturated heterocycles. The van der Waals surface area contributed by atoms with Crippen LogP contribution in [0.3, 0.4) is 0 Å². The molecule has 7 aromatic rings. The number of carbonyl (C=O) groups is 4. The number of nitriles is 2. The molecule has 5 aromatic heterocycles. The van der Waals surface area contributed by atoms with Gasteiger partial charge in [-0.25, -0.2) is 28.5 Å². The molecule has 0 radical (unpaired) electrons. The van der Waals surface area contributed by atoms with Crippen molar-refractivity contribution < 1.29 is 42.9 Å². The predicted octanol–water partition coefficient (Wildman–Crippen LogP) is 12.6. The standard InChI is InChI=1S/C63H79N19O9/c1-14-19-24-87-55(83)39-29-40(56(84)88-25-20-15-2)32-43(31-39)79-53(45(35-64)37(6)75-79)73-71-47-49(62(8,9)10)77-81(51(47)66)59-68-60(70-61(69-59)91-28-23-18-5)82-52(67)48(50(78-82)63(11,12)13)72-74-54-46(36-65)38(7)76-80(54)44-33-41(57(85)89-26-21-16-3)30-42(34-44)58(86)90-27-22-17-4/h29-34H,14-28,66-67H2,1-13H3. The molecule has 0 bridgehead atoms. The number of carbonyl (C=O) groups excluding carboxylic acids is 4. The van der Waals surface area contributed by atoms with E-state index in [0.29, 0.717) is 43.5 Å². The Morgan fingerprint density at radius 3 is 1.09 bits per heavy atom. The van der Waals surface area contributed by atoms with Crippen LogP contribution < -0.4 is 16.2 Å². The quantitative estimate of drug-likeness (QED) is 0.0199. The second kappa shape index (κ2) is 30.3. The van der Waals surface area contributed by atoms with Gasteiger partial charge in [0.05, 0.1) is 89.4 Å². The van der Waals surface area contributed by atoms with Crippen LogP contribution in [0.4, 0.5) is 34.6 Å². The van der Waals surface area contributed by atoms with Gasteiger partial charge in [-0.1, -0.05) is 108 Å². The van der Waals surface area contributed by atoms with Crippen LogP contribution >= 0.6 is 0 Å². The smallest absolute Gasteiger partial charge is 0.338 e. The summed E-state index contributed by atoms with van der Waals surface area (Å²) in [5.41, 5.74) is 14.4. The van der Waals surface area contributed by atoms with Gasteiger partial charge in [0, 0.05) is 10.8 Å². The number of ether oxygens (including phenoxy) is 5. The number of azo groups is 2. The zero-order chi connectivity index (χ0) is 66.3. The maximum Gasteiger partial charge on any atom is 0.338 e. The van der Waals surface area contributed by atoms with Crippen LogP contribution in [-0.4, -0.2) is 111 Å². The second-order valence-electron chi connectivity index (χ2n) is 23.4. The van der Waals surface area contributed by atoms with Gasteiger partial charge in [-0.05, 0) is 82.3 Å². The number of benzene rings is 2. The molecule has 5 heterocycles. The Kier molecular flexibility index (Phi) is 22.7. The average Bonchev–Trinajstić information content (AvgIpc) is 1.66. The highest BCUT2D eigenvalue weighted by Crippen LogP contribution is 2.41. The van der Waals surface area contributed by atoms with Crippen LogP contribution in [0.25, 0.3) is 23.3 Å². The van der Waals surface area contributed by atoms with Crippen molar-refractivity contribution in [3.05, 3.63) is 92.6 Å². The molecule has 91 heavy (non-hydrogen) atoms. The van der Waals surface area contributed by atoms with E-state index in [4.69, 9.17) is 50.3 Å². The molecular formula is C63H79N19O9. The van der Waals surface area contributed by atoms with Crippen molar-refractivity contribution in [2.45, 2.75) is 165 Å². The fourth-order valence-corrected chi connectivity index (χ4v) is 8.80. The summed E-state index contributed by atoms with van der Waals surface area (Å²) in [6.45, 7) is 25.2. The minimum Gasteiger partial charge on any atom is -0.463 e. The van der Waals surface area contributed by atoms with Crippen molar-refractivity contribution in [2.24, 2.45) is 20.5 Å². The van der Waals surface area contributed by atoms with Gasteiger partial charge in [0.25, 0.3) is 11.9 Å². The molecule has 0 unspecified atom stereocenters. The molecule has 0 fully saturated rings. The third kappa shape index (κ3) is 16.2. The highest BCUT2D eigenvalue weighted by atomic mass is 16.5. The lowest BCUT2D eigenvalue weighted by Gasteiger charge is -2.15. The number of nitrogens with zero attached hydrogens (tertiary/aromatic N) is 17. The Balaban J connectivity index is 1.36. The monoisotopic (exact) mass is 1250 g/mol. The average molecular weight is 1250 g/mol. The number of aryl methyl sites for hydroxylation is 2. The molecule has 0 amide bonds. The van der Waals surface area contributed by atoms with Crippen LogP contribution in [-0.2, 0) is 29.8 Å². The Morgan fingerprint density at radius 1 is 0.473 bits per heavy atom. The zero-order valence-electron chi connectivity index (χ0n) is 54.0. The first-order valence-corrected chi connectivity index (χ1v) is 30.4. The van der Waals surface area contributed by atoms with E-state index in [-0.39, 0.29) is 142 Å². The molecule has 0 aliphatic rings. The van der Waals surface area contributed by atoms with Crippen molar-refractivity contribution in [1.82, 2.24) is 54.1 Å². The van der Waals surface area contributed by atoms with E-state index in [2.05, 4.69) is 52.8 Å². The fourth-order valence-electron chi connectivity index (χ4n) is 8.80. The Labute approximate surface area is 528 Å². The Morgan fingerprint density at radius 2 is 0.791 bits per heavy atom. The third-order valence-corrected chi connectivity index (χ3v) is 13.9. The zero-order valence-corrected chi connectivity index (χ0v) is 54.0. The van der Waals surface area contributed by atoms with Crippen LogP contribution in [0.2, 0.25) is 0 Å². The van der Waals surface area contributed by atoms with E-state index in [1.54, 1.807) is 13.8 Å². The molecule has 28 nitrogen and oxygen atoms in total. The first-order valence-electron chi connectivity index (χ1n) is 30.4. The van der Waals surface area contributed by atoms with Gasteiger partial charge in [0.1, 0.15) is 23.3 Å². The van der Waals surface area contributed by atoms with E-state index in [1.165, 1.54) is 55.1 Å². The second-order valence-corrected chi connectivity index (χ2v) is 23.4. The van der Waals surface area contributed by atoms with Crippen molar-refractivity contribution in [3.8, 4) is 41.4 Å². The van der Waals surface area contributed by atoms with Crippen molar-refractivity contribution in [2.75, 3.05) is 44.5 Å². The molecule has 0 saturated carbocycles. The van der Waals surface area contributed by atoms with Gasteiger partial charge in [-0.15, -0.1) is 20.5 Å². The van der Waals surface area contributed by atoms with Crippen molar-refractivity contribution in [3.63, 3.8) is 0 Å². The highest BCUT2D eigenvalue weighted by molar-refractivity contribution is 5.97. The maximum absolute atomic E-state index is 13.5. The number of aromatic nitrogens is 11. The summed E-state index contributed by atoms with van der Waals surface area (Å²) in [5.74, 6) is -3.34. The molecule has 4 N–H and O–H groups in total. The molecule has 0 aliphatic carbocycles. The first kappa shape index (κ1) is 68.2. The predicted molar refractivity (Wildman–Crippen MR) is 336 cm³/mol. The number of hydrogen-bond donors (Lipinski definition) is 2. The summed E-state index contributed by atoms with van der Waals surface area (Å²) in [7, 11) is 0. The number of rotatable bonds is 28. The normalized spacial score (nSPS) is 11.7. The van der Waals surface area contributed by atoms with Crippen LogP contribution in [0.5, 0.6) is 6.01 Å². The number of nitrogen functional groups attached to an aromatic ring is 2. The summed E-state index contributed by atoms with van der Waals surface area (Å²) in [6.07, 6.45) is 7.07. The van der Waals surface area contributed by atoms with Gasteiger partial charge < -0.3 is 35.2 Å². The number of nitrogens with two attached hydrogens (primary N) is 2. The van der Waals surface area contributed by atoms with Crippen molar-refractivity contribution >= 4 is 58.5 Å².